The van der Waals surface area contributed by atoms with E-state index in [2.05, 4.69) is 13.8 Å². The molecule has 1 aromatic carbocycles. The fourth-order valence-corrected chi connectivity index (χ4v) is 4.19. The van der Waals surface area contributed by atoms with Crippen LogP contribution in [0.5, 0.6) is 0 Å². The van der Waals surface area contributed by atoms with Gasteiger partial charge >= 0.3 is 0 Å². The molecule has 0 spiro atoms. The lowest BCUT2D eigenvalue weighted by molar-refractivity contribution is -0.140. The smallest absolute Gasteiger partial charge is 0.251 e. The first-order valence-electron chi connectivity index (χ1n) is 8.34. The number of hydrogen-bond donors (Lipinski definition) is 1. The molecule has 0 radical (unpaired) electrons. The van der Waals surface area contributed by atoms with Crippen LogP contribution in [0.15, 0.2) is 29.2 Å². The van der Waals surface area contributed by atoms with Crippen LogP contribution in [-0.2, 0) is 14.8 Å². The molecule has 1 aliphatic heterocycles. The molecule has 0 aliphatic carbocycles. The summed E-state index contributed by atoms with van der Waals surface area (Å²) in [6, 6.07) is 7.05. The van der Waals surface area contributed by atoms with Crippen molar-refractivity contribution in [1.29, 1.82) is 0 Å². The van der Waals surface area contributed by atoms with Crippen molar-refractivity contribution in [1.82, 2.24) is 9.21 Å². The molecule has 7 heteroatoms. The van der Waals surface area contributed by atoms with Gasteiger partial charge in [-0.3, -0.25) is 4.79 Å². The van der Waals surface area contributed by atoms with E-state index >= 15 is 0 Å². The summed E-state index contributed by atoms with van der Waals surface area (Å²) < 4.78 is 26.8. The molecule has 24 heavy (non-hydrogen) atoms. The number of rotatable bonds is 5. The maximum absolute atomic E-state index is 12.7. The standard InChI is InChI=1S/C17H26N2O4S/c1-4-13(2)15-5-7-16(8-6-15)24(22,23)19-11-9-18(10-12-19)17(21)14(3)20/h5-8,13-14,20H,4,9-12H2,1-3H3. The van der Waals surface area contributed by atoms with E-state index in [9.17, 15) is 18.3 Å². The molecule has 2 unspecified atom stereocenters. The number of sulfonamides is 1. The lowest BCUT2D eigenvalue weighted by Crippen LogP contribution is -2.52. The first kappa shape index (κ1) is 18.9. The summed E-state index contributed by atoms with van der Waals surface area (Å²) in [5.41, 5.74) is 1.13. The summed E-state index contributed by atoms with van der Waals surface area (Å²) in [7, 11) is -3.55. The highest BCUT2D eigenvalue weighted by molar-refractivity contribution is 7.89. The van der Waals surface area contributed by atoms with Gasteiger partial charge in [-0.2, -0.15) is 4.31 Å². The van der Waals surface area contributed by atoms with E-state index in [1.807, 2.05) is 12.1 Å². The van der Waals surface area contributed by atoms with E-state index < -0.39 is 16.1 Å². The normalized spacial score (nSPS) is 19.1. The van der Waals surface area contributed by atoms with Gasteiger partial charge in [-0.1, -0.05) is 26.0 Å². The predicted octanol–water partition coefficient (Wildman–Crippen LogP) is 1.41. The van der Waals surface area contributed by atoms with Gasteiger partial charge in [-0.15, -0.1) is 0 Å². The third-order valence-corrected chi connectivity index (χ3v) is 6.52. The van der Waals surface area contributed by atoms with Gasteiger partial charge < -0.3 is 10.0 Å². The topological polar surface area (TPSA) is 77.9 Å². The molecule has 1 saturated heterocycles. The average Bonchev–Trinajstić information content (AvgIpc) is 2.60. The molecular formula is C17H26N2O4S. The Hall–Kier alpha value is -1.44. The van der Waals surface area contributed by atoms with Crippen LogP contribution in [0.2, 0.25) is 0 Å². The van der Waals surface area contributed by atoms with Crippen molar-refractivity contribution in [2.24, 2.45) is 0 Å². The molecule has 1 fully saturated rings. The van der Waals surface area contributed by atoms with Crippen molar-refractivity contribution in [3.05, 3.63) is 29.8 Å². The summed E-state index contributed by atoms with van der Waals surface area (Å²) in [6.45, 7) is 6.72. The minimum atomic E-state index is -3.55. The van der Waals surface area contributed by atoms with Crippen molar-refractivity contribution in [2.75, 3.05) is 26.2 Å². The molecule has 1 amide bonds. The van der Waals surface area contributed by atoms with E-state index in [-0.39, 0.29) is 23.9 Å². The Morgan fingerprint density at radius 2 is 1.67 bits per heavy atom. The van der Waals surface area contributed by atoms with Crippen LogP contribution in [0.25, 0.3) is 0 Å². The second-order valence-electron chi connectivity index (χ2n) is 6.28. The second-order valence-corrected chi connectivity index (χ2v) is 8.22. The molecule has 1 N–H and O–H groups in total. The van der Waals surface area contributed by atoms with Crippen LogP contribution in [0.3, 0.4) is 0 Å². The highest BCUT2D eigenvalue weighted by Gasteiger charge is 2.31. The number of aliphatic hydroxyl groups excluding tert-OH is 1. The fraction of sp³-hybridized carbons (Fsp3) is 0.588. The number of nitrogens with zero attached hydrogens (tertiary/aromatic N) is 2. The number of hydrogen-bond acceptors (Lipinski definition) is 4. The second kappa shape index (κ2) is 7.63. The predicted molar refractivity (Wildman–Crippen MR) is 92.2 cm³/mol. The molecule has 0 bridgehead atoms. The average molecular weight is 354 g/mol. The number of carbonyl (C=O) groups is 1. The molecule has 2 rings (SSSR count). The number of aliphatic hydroxyl groups is 1. The molecule has 2 atom stereocenters. The molecular weight excluding hydrogens is 328 g/mol. The van der Waals surface area contributed by atoms with Crippen molar-refractivity contribution < 1.29 is 18.3 Å². The Balaban J connectivity index is 2.08. The van der Waals surface area contributed by atoms with Crippen LogP contribution in [0, 0.1) is 0 Å². The molecule has 0 aromatic heterocycles. The quantitative estimate of drug-likeness (QED) is 0.867. The summed E-state index contributed by atoms with van der Waals surface area (Å²) in [6.07, 6.45) is -0.0491. The Morgan fingerprint density at radius 1 is 1.12 bits per heavy atom. The van der Waals surface area contributed by atoms with Crippen molar-refractivity contribution in [3.8, 4) is 0 Å². The SMILES string of the molecule is CCC(C)c1ccc(S(=O)(=O)N2CCN(C(=O)C(C)O)CC2)cc1. The van der Waals surface area contributed by atoms with E-state index in [4.69, 9.17) is 0 Å². The van der Waals surface area contributed by atoms with Crippen molar-refractivity contribution in [3.63, 3.8) is 0 Å². The zero-order valence-corrected chi connectivity index (χ0v) is 15.3. The highest BCUT2D eigenvalue weighted by Crippen LogP contribution is 2.23. The molecule has 1 heterocycles. The monoisotopic (exact) mass is 354 g/mol. The first-order chi connectivity index (χ1) is 11.3. The van der Waals surface area contributed by atoms with Gasteiger partial charge in [0.2, 0.25) is 10.0 Å². The summed E-state index contributed by atoms with van der Waals surface area (Å²) in [5.74, 6) is 0.0433. The van der Waals surface area contributed by atoms with Gasteiger partial charge in [0, 0.05) is 26.2 Å². The van der Waals surface area contributed by atoms with E-state index in [0.717, 1.165) is 12.0 Å². The first-order valence-corrected chi connectivity index (χ1v) is 9.78. The minimum absolute atomic E-state index is 0.244. The van der Waals surface area contributed by atoms with Crippen molar-refractivity contribution in [2.45, 2.75) is 44.1 Å². The Labute approximate surface area is 144 Å². The number of carbonyl (C=O) groups excluding carboxylic acids is 1. The molecule has 1 aromatic rings. The zero-order valence-electron chi connectivity index (χ0n) is 14.5. The maximum atomic E-state index is 12.7. The number of piperazine rings is 1. The van der Waals surface area contributed by atoms with E-state index in [0.29, 0.717) is 19.0 Å². The van der Waals surface area contributed by atoms with Gasteiger partial charge in [0.1, 0.15) is 6.10 Å². The Morgan fingerprint density at radius 3 is 2.12 bits per heavy atom. The summed E-state index contributed by atoms with van der Waals surface area (Å²) in [4.78, 5) is 13.5. The van der Waals surface area contributed by atoms with Crippen LogP contribution < -0.4 is 0 Å². The largest absolute Gasteiger partial charge is 0.384 e. The summed E-state index contributed by atoms with van der Waals surface area (Å²) >= 11 is 0. The Bertz CT molecular complexity index is 662. The van der Waals surface area contributed by atoms with Crippen LogP contribution >= 0.6 is 0 Å². The molecule has 134 valence electrons. The van der Waals surface area contributed by atoms with Gasteiger partial charge in [0.25, 0.3) is 5.91 Å². The lowest BCUT2D eigenvalue weighted by atomic mass is 9.99. The van der Waals surface area contributed by atoms with E-state index in [1.54, 1.807) is 12.1 Å². The summed E-state index contributed by atoms with van der Waals surface area (Å²) in [5, 5.41) is 9.34. The Kier molecular flexibility index (Phi) is 6.01. The van der Waals surface area contributed by atoms with Gasteiger partial charge in [0.05, 0.1) is 4.90 Å². The van der Waals surface area contributed by atoms with Gasteiger partial charge in [0.15, 0.2) is 0 Å². The van der Waals surface area contributed by atoms with Gasteiger partial charge in [-0.05, 0) is 37.0 Å². The maximum Gasteiger partial charge on any atom is 0.251 e. The van der Waals surface area contributed by atoms with Crippen molar-refractivity contribution >= 4 is 15.9 Å². The van der Waals surface area contributed by atoms with Crippen LogP contribution in [0.1, 0.15) is 38.7 Å². The van der Waals surface area contributed by atoms with Crippen LogP contribution in [0.4, 0.5) is 0 Å². The molecule has 0 saturated carbocycles. The highest BCUT2D eigenvalue weighted by atomic mass is 32.2. The third kappa shape index (κ3) is 3.96. The number of benzene rings is 1. The third-order valence-electron chi connectivity index (χ3n) is 4.61. The minimum Gasteiger partial charge on any atom is -0.384 e. The van der Waals surface area contributed by atoms with Gasteiger partial charge in [-0.25, -0.2) is 8.42 Å². The van der Waals surface area contributed by atoms with E-state index in [1.165, 1.54) is 16.1 Å². The van der Waals surface area contributed by atoms with Crippen LogP contribution in [-0.4, -0.2) is 60.9 Å². The lowest BCUT2D eigenvalue weighted by Gasteiger charge is -2.34. The molecule has 1 aliphatic rings. The molecule has 6 nitrogen and oxygen atoms in total. The fourth-order valence-electron chi connectivity index (χ4n) is 2.77. The zero-order chi connectivity index (χ0) is 17.9. The number of amides is 1.